The van der Waals surface area contributed by atoms with Crippen LogP contribution in [-0.4, -0.2) is 41.4 Å². The van der Waals surface area contributed by atoms with Gasteiger partial charge in [0, 0.05) is 17.1 Å². The van der Waals surface area contributed by atoms with Crippen LogP contribution in [0.1, 0.15) is 23.7 Å². The van der Waals surface area contributed by atoms with Gasteiger partial charge in [0.25, 0.3) is 5.89 Å². The Hall–Kier alpha value is -1.93. The lowest BCUT2D eigenvalue weighted by Crippen LogP contribution is -2.25. The molecule has 3 aromatic heterocycles. The Bertz CT molecular complexity index is 850. The summed E-state index contributed by atoms with van der Waals surface area (Å²) in [6, 6.07) is 1.96. The second kappa shape index (κ2) is 4.79. The molecule has 0 bridgehead atoms. The Labute approximate surface area is 130 Å². The summed E-state index contributed by atoms with van der Waals surface area (Å²) < 4.78 is 7.04. The van der Waals surface area contributed by atoms with E-state index in [0.717, 1.165) is 17.1 Å². The fourth-order valence-corrected chi connectivity index (χ4v) is 3.90. The fraction of sp³-hybridized carbons (Fsp3) is 0.429. The van der Waals surface area contributed by atoms with Crippen molar-refractivity contribution in [3.05, 3.63) is 29.5 Å². The summed E-state index contributed by atoms with van der Waals surface area (Å²) in [5.74, 6) is 2.16. The van der Waals surface area contributed by atoms with Gasteiger partial charge in [-0.2, -0.15) is 21.8 Å². The van der Waals surface area contributed by atoms with Crippen LogP contribution in [0, 0.1) is 13.8 Å². The predicted molar refractivity (Wildman–Crippen MR) is 81.6 cm³/mol. The number of aromatic nitrogens is 5. The Morgan fingerprint density at radius 3 is 3.00 bits per heavy atom. The Kier molecular flexibility index (Phi) is 2.98. The van der Waals surface area contributed by atoms with E-state index in [9.17, 15) is 5.11 Å². The molecule has 4 rings (SSSR count). The molecule has 8 heteroatoms. The molecule has 114 valence electrons. The van der Waals surface area contributed by atoms with E-state index in [4.69, 9.17) is 4.52 Å². The number of aliphatic hydroxyl groups is 1. The third-order valence-corrected chi connectivity index (χ3v) is 5.02. The number of hydrogen-bond donors (Lipinski definition) is 1. The van der Waals surface area contributed by atoms with Crippen molar-refractivity contribution in [1.29, 1.82) is 0 Å². The summed E-state index contributed by atoms with van der Waals surface area (Å²) >= 11 is 1.68. The van der Waals surface area contributed by atoms with Gasteiger partial charge in [0.05, 0.1) is 11.8 Å². The van der Waals surface area contributed by atoms with Crippen molar-refractivity contribution in [2.24, 2.45) is 0 Å². The van der Waals surface area contributed by atoms with Crippen LogP contribution in [0.2, 0.25) is 0 Å². The second-order valence-electron chi connectivity index (χ2n) is 5.59. The summed E-state index contributed by atoms with van der Waals surface area (Å²) in [5.41, 5.74) is 2.27. The minimum atomic E-state index is -1.02. The maximum Gasteiger partial charge on any atom is 0.259 e. The molecular weight excluding hydrogens is 302 g/mol. The minimum absolute atomic E-state index is 0.274. The zero-order valence-electron chi connectivity index (χ0n) is 12.3. The summed E-state index contributed by atoms with van der Waals surface area (Å²) in [7, 11) is 0. The maximum atomic E-state index is 10.5. The number of rotatable bonds is 2. The quantitative estimate of drug-likeness (QED) is 0.769. The van der Waals surface area contributed by atoms with Gasteiger partial charge in [0.1, 0.15) is 0 Å². The molecule has 1 saturated heterocycles. The van der Waals surface area contributed by atoms with E-state index in [2.05, 4.69) is 20.2 Å². The third-order valence-electron chi connectivity index (χ3n) is 3.84. The third kappa shape index (κ3) is 2.02. The van der Waals surface area contributed by atoms with Crippen LogP contribution in [0.25, 0.3) is 17.0 Å². The second-order valence-corrected chi connectivity index (χ2v) is 6.70. The molecule has 22 heavy (non-hydrogen) atoms. The maximum absolute atomic E-state index is 10.5. The van der Waals surface area contributed by atoms with Crippen LogP contribution in [0.4, 0.5) is 0 Å². The average molecular weight is 317 g/mol. The lowest BCUT2D eigenvalue weighted by Gasteiger charge is -2.14. The molecule has 0 saturated carbocycles. The molecular formula is C14H15N5O2S. The molecule has 4 heterocycles. The van der Waals surface area contributed by atoms with Gasteiger partial charge in [-0.15, -0.1) is 0 Å². The first-order valence-corrected chi connectivity index (χ1v) is 8.19. The normalized spacial score (nSPS) is 21.8. The van der Waals surface area contributed by atoms with Crippen LogP contribution in [0.5, 0.6) is 0 Å². The number of nitrogens with zero attached hydrogens (tertiary/aromatic N) is 5. The molecule has 0 spiro atoms. The van der Waals surface area contributed by atoms with Gasteiger partial charge < -0.3 is 9.63 Å². The molecule has 1 atom stereocenters. The van der Waals surface area contributed by atoms with E-state index in [0.29, 0.717) is 29.2 Å². The molecule has 0 aliphatic carbocycles. The van der Waals surface area contributed by atoms with Gasteiger partial charge in [0.15, 0.2) is 11.2 Å². The molecule has 1 N–H and O–H groups in total. The topological polar surface area (TPSA) is 89.3 Å². The number of aryl methyl sites for hydroxylation is 2. The molecule has 1 aliphatic heterocycles. The molecule has 7 nitrogen and oxygen atoms in total. The molecule has 0 aromatic carbocycles. The van der Waals surface area contributed by atoms with Crippen molar-refractivity contribution in [2.75, 3.05) is 11.5 Å². The van der Waals surface area contributed by atoms with E-state index in [1.165, 1.54) is 0 Å². The average Bonchev–Trinajstić information content (AvgIpc) is 3.16. The van der Waals surface area contributed by atoms with E-state index in [-0.39, 0.29) is 5.89 Å². The van der Waals surface area contributed by atoms with Crippen LogP contribution >= 0.6 is 11.8 Å². The number of thioether (sulfide) groups is 1. The van der Waals surface area contributed by atoms with Gasteiger partial charge in [-0.1, -0.05) is 5.16 Å². The SMILES string of the molecule is Cc1cc(C)n2ncc(-c3noc([C@@]4(O)CCSC4)n3)c2n1. The van der Waals surface area contributed by atoms with Gasteiger partial charge in [-0.25, -0.2) is 9.50 Å². The zero-order chi connectivity index (χ0) is 15.3. The standard InChI is InChI=1S/C14H15N5O2S/c1-8-5-9(2)19-12(16-8)10(6-15-19)11-17-13(21-18-11)14(20)3-4-22-7-14/h5-6,20H,3-4,7H2,1-2H3/t14-/m1/s1. The van der Waals surface area contributed by atoms with Crippen LogP contribution in [-0.2, 0) is 5.60 Å². The van der Waals surface area contributed by atoms with Crippen molar-refractivity contribution < 1.29 is 9.63 Å². The smallest absolute Gasteiger partial charge is 0.259 e. The highest BCUT2D eigenvalue weighted by molar-refractivity contribution is 7.99. The first kappa shape index (κ1) is 13.7. The van der Waals surface area contributed by atoms with E-state index >= 15 is 0 Å². The van der Waals surface area contributed by atoms with Gasteiger partial charge in [-0.05, 0) is 32.1 Å². The molecule has 3 aromatic rings. The lowest BCUT2D eigenvalue weighted by molar-refractivity contribution is 0.0307. The van der Waals surface area contributed by atoms with E-state index in [1.54, 1.807) is 22.5 Å². The Morgan fingerprint density at radius 2 is 2.23 bits per heavy atom. The largest absolute Gasteiger partial charge is 0.379 e. The monoisotopic (exact) mass is 317 g/mol. The highest BCUT2D eigenvalue weighted by Crippen LogP contribution is 2.36. The van der Waals surface area contributed by atoms with Gasteiger partial charge in [-0.3, -0.25) is 0 Å². The highest BCUT2D eigenvalue weighted by Gasteiger charge is 2.39. The first-order valence-electron chi connectivity index (χ1n) is 7.03. The van der Waals surface area contributed by atoms with Gasteiger partial charge in [0.2, 0.25) is 5.82 Å². The zero-order valence-corrected chi connectivity index (χ0v) is 13.1. The Balaban J connectivity index is 1.81. The highest BCUT2D eigenvalue weighted by atomic mass is 32.2. The van der Waals surface area contributed by atoms with Crippen molar-refractivity contribution in [3.8, 4) is 11.4 Å². The van der Waals surface area contributed by atoms with E-state index in [1.807, 2.05) is 19.9 Å². The van der Waals surface area contributed by atoms with Gasteiger partial charge >= 0.3 is 0 Å². The van der Waals surface area contributed by atoms with Crippen molar-refractivity contribution in [3.63, 3.8) is 0 Å². The van der Waals surface area contributed by atoms with Crippen molar-refractivity contribution in [1.82, 2.24) is 24.7 Å². The van der Waals surface area contributed by atoms with Crippen LogP contribution < -0.4 is 0 Å². The first-order chi connectivity index (χ1) is 10.6. The lowest BCUT2D eigenvalue weighted by atomic mass is 10.0. The molecule has 0 amide bonds. The molecule has 1 fully saturated rings. The van der Waals surface area contributed by atoms with Crippen molar-refractivity contribution >= 4 is 17.4 Å². The molecule has 1 aliphatic rings. The summed E-state index contributed by atoms with van der Waals surface area (Å²) in [5, 5.41) is 18.9. The fourth-order valence-electron chi connectivity index (χ4n) is 2.67. The van der Waals surface area contributed by atoms with Crippen molar-refractivity contribution in [2.45, 2.75) is 25.9 Å². The Morgan fingerprint density at radius 1 is 1.36 bits per heavy atom. The number of hydrogen-bond acceptors (Lipinski definition) is 7. The molecule has 0 radical (unpaired) electrons. The van der Waals surface area contributed by atoms with Crippen LogP contribution in [0.15, 0.2) is 16.8 Å². The predicted octanol–water partition coefficient (Wildman–Crippen LogP) is 1.72. The van der Waals surface area contributed by atoms with Crippen LogP contribution in [0.3, 0.4) is 0 Å². The molecule has 0 unspecified atom stereocenters. The van der Waals surface area contributed by atoms with E-state index < -0.39 is 5.60 Å². The summed E-state index contributed by atoms with van der Waals surface area (Å²) in [6.07, 6.45) is 2.31. The number of fused-ring (bicyclic) bond motifs is 1. The summed E-state index contributed by atoms with van der Waals surface area (Å²) in [6.45, 7) is 3.91. The minimum Gasteiger partial charge on any atom is -0.379 e. The summed E-state index contributed by atoms with van der Waals surface area (Å²) in [4.78, 5) is 8.89.